The van der Waals surface area contributed by atoms with Gasteiger partial charge in [-0.05, 0) is 124 Å². The lowest BCUT2D eigenvalue weighted by Gasteiger charge is -2.40. The Morgan fingerprint density at radius 3 is 1.41 bits per heavy atom. The lowest BCUT2D eigenvalue weighted by atomic mass is 9.64. The molecule has 0 saturated heterocycles. The Kier molecular flexibility index (Phi) is 5.96. The largest absolute Gasteiger partial charge is 0.457 e. The monoisotopic (exact) mass is 746 g/mol. The number of hydrogen-bond acceptors (Lipinski definition) is 1. The number of benzene rings is 10. The predicted octanol–water partition coefficient (Wildman–Crippen LogP) is 14.5. The molecule has 0 fully saturated rings. The van der Waals surface area contributed by atoms with Gasteiger partial charge < -0.3 is 4.74 Å². The molecule has 0 atom stereocenters. The van der Waals surface area contributed by atoms with E-state index in [1.165, 1.54) is 111 Å². The van der Waals surface area contributed by atoms with Gasteiger partial charge in [0.1, 0.15) is 11.5 Å². The molecule has 0 aromatic heterocycles. The van der Waals surface area contributed by atoms with Crippen LogP contribution in [-0.2, 0) is 10.8 Å². The van der Waals surface area contributed by atoms with E-state index in [0.717, 1.165) is 11.5 Å². The first-order valence-electron chi connectivity index (χ1n) is 20.7. The van der Waals surface area contributed by atoms with Gasteiger partial charge in [-0.15, -0.1) is 0 Å². The van der Waals surface area contributed by atoms with Crippen LogP contribution in [0.4, 0.5) is 0 Å². The van der Waals surface area contributed by atoms with Gasteiger partial charge in [0, 0.05) is 11.1 Å². The molecule has 0 radical (unpaired) electrons. The van der Waals surface area contributed by atoms with Gasteiger partial charge in [-0.2, -0.15) is 0 Å². The van der Waals surface area contributed by atoms with Crippen molar-refractivity contribution < 1.29 is 4.74 Å². The highest BCUT2D eigenvalue weighted by molar-refractivity contribution is 6.07. The van der Waals surface area contributed by atoms with E-state index in [2.05, 4.69) is 206 Å². The molecule has 272 valence electrons. The maximum atomic E-state index is 7.00. The van der Waals surface area contributed by atoms with E-state index < -0.39 is 10.8 Å². The predicted molar refractivity (Wildman–Crippen MR) is 241 cm³/mol. The van der Waals surface area contributed by atoms with Crippen molar-refractivity contribution in [3.63, 3.8) is 0 Å². The van der Waals surface area contributed by atoms with Crippen LogP contribution in [0, 0.1) is 0 Å². The molecule has 59 heavy (non-hydrogen) atoms. The fourth-order valence-electron chi connectivity index (χ4n) is 11.9. The minimum Gasteiger partial charge on any atom is -0.457 e. The Bertz CT molecular complexity index is 3400. The Morgan fingerprint density at radius 2 is 0.763 bits per heavy atom. The van der Waals surface area contributed by atoms with Crippen LogP contribution in [0.15, 0.2) is 206 Å². The molecule has 0 N–H and O–H groups in total. The number of ether oxygens (including phenoxy) is 1. The lowest BCUT2D eigenvalue weighted by molar-refractivity contribution is 0.438. The van der Waals surface area contributed by atoms with Crippen molar-refractivity contribution in [1.29, 1.82) is 0 Å². The maximum Gasteiger partial charge on any atom is 0.132 e. The van der Waals surface area contributed by atoms with E-state index in [1.807, 2.05) is 0 Å². The molecule has 10 aromatic rings. The fourth-order valence-corrected chi connectivity index (χ4v) is 11.9. The van der Waals surface area contributed by atoms with Gasteiger partial charge in [0.25, 0.3) is 0 Å². The molecule has 0 amide bonds. The molecule has 1 heterocycles. The van der Waals surface area contributed by atoms with Gasteiger partial charge in [0.15, 0.2) is 0 Å². The second kappa shape index (κ2) is 11.1. The van der Waals surface area contributed by atoms with E-state index in [1.54, 1.807) is 0 Å². The summed E-state index contributed by atoms with van der Waals surface area (Å²) in [6, 6.07) is 77.2. The third kappa shape index (κ3) is 3.73. The smallest absolute Gasteiger partial charge is 0.132 e. The van der Waals surface area contributed by atoms with Crippen LogP contribution < -0.4 is 4.74 Å². The molecular formula is C58H34O. The highest BCUT2D eigenvalue weighted by Gasteiger charge is 2.54. The lowest BCUT2D eigenvalue weighted by Crippen LogP contribution is -2.32. The first-order valence-corrected chi connectivity index (χ1v) is 20.7. The Hall–Kier alpha value is -7.48. The summed E-state index contributed by atoms with van der Waals surface area (Å²) >= 11 is 0. The summed E-state index contributed by atoms with van der Waals surface area (Å²) < 4.78 is 7.00. The van der Waals surface area contributed by atoms with E-state index in [9.17, 15) is 0 Å². The standard InChI is InChI=1S/C58H34O/c1-3-15-39-35(13-1)26-30-50-55(39)45-29-25-37(33-51(45)57(50)46-21-9-5-17-41(46)42-18-6-10-22-47(42)57)38-28-31-53-52(34-38)58(56-40-16-4-2-14-36(40)27-32-54(56)59-53)48-23-11-7-19-43(48)44-20-8-12-24-49(44)58/h1-34H. The van der Waals surface area contributed by atoms with E-state index in [4.69, 9.17) is 4.74 Å². The summed E-state index contributed by atoms with van der Waals surface area (Å²) in [5.74, 6) is 1.82. The minimum absolute atomic E-state index is 0.447. The highest BCUT2D eigenvalue weighted by atomic mass is 16.5. The van der Waals surface area contributed by atoms with Crippen LogP contribution in [0.1, 0.15) is 44.5 Å². The van der Waals surface area contributed by atoms with Gasteiger partial charge in [-0.1, -0.05) is 182 Å². The quantitative estimate of drug-likeness (QED) is 0.163. The molecule has 1 heteroatoms. The molecule has 0 unspecified atom stereocenters. The molecular weight excluding hydrogens is 713 g/mol. The summed E-state index contributed by atoms with van der Waals surface area (Å²) in [4.78, 5) is 0. The number of hydrogen-bond donors (Lipinski definition) is 0. The maximum absolute atomic E-state index is 7.00. The third-order valence-corrected chi connectivity index (χ3v) is 14.1. The van der Waals surface area contributed by atoms with Crippen LogP contribution in [0.25, 0.3) is 66.1 Å². The zero-order chi connectivity index (χ0) is 38.5. The molecule has 4 aliphatic rings. The van der Waals surface area contributed by atoms with Crippen molar-refractivity contribution in [3.05, 3.63) is 251 Å². The van der Waals surface area contributed by atoms with Crippen molar-refractivity contribution >= 4 is 21.5 Å². The highest BCUT2D eigenvalue weighted by Crippen LogP contribution is 2.66. The molecule has 1 aliphatic heterocycles. The first kappa shape index (κ1) is 31.6. The van der Waals surface area contributed by atoms with Crippen molar-refractivity contribution in [2.24, 2.45) is 0 Å². The average Bonchev–Trinajstić information content (AvgIpc) is 3.89. The van der Waals surface area contributed by atoms with Gasteiger partial charge in [-0.25, -0.2) is 0 Å². The molecule has 2 spiro atoms. The van der Waals surface area contributed by atoms with Crippen LogP contribution in [0.3, 0.4) is 0 Å². The molecule has 1 nitrogen and oxygen atoms in total. The molecule has 10 aromatic carbocycles. The number of rotatable bonds is 1. The Balaban J connectivity index is 1.07. The van der Waals surface area contributed by atoms with Gasteiger partial charge in [0.2, 0.25) is 0 Å². The average molecular weight is 747 g/mol. The molecule has 3 aliphatic carbocycles. The zero-order valence-electron chi connectivity index (χ0n) is 32.0. The fraction of sp³-hybridized carbons (Fsp3) is 0.0345. The first-order chi connectivity index (χ1) is 29.3. The van der Waals surface area contributed by atoms with Crippen molar-refractivity contribution in [2.75, 3.05) is 0 Å². The molecule has 0 bridgehead atoms. The summed E-state index contributed by atoms with van der Waals surface area (Å²) in [6.07, 6.45) is 0. The molecule has 0 saturated carbocycles. The minimum atomic E-state index is -0.580. The van der Waals surface area contributed by atoms with Gasteiger partial charge >= 0.3 is 0 Å². The van der Waals surface area contributed by atoms with Crippen molar-refractivity contribution in [2.45, 2.75) is 10.8 Å². The Labute approximate surface area is 342 Å². The summed E-state index contributed by atoms with van der Waals surface area (Å²) in [5, 5.41) is 5.00. The second-order valence-corrected chi connectivity index (χ2v) is 16.6. The summed E-state index contributed by atoms with van der Waals surface area (Å²) in [6.45, 7) is 0. The third-order valence-electron chi connectivity index (χ3n) is 14.1. The Morgan fingerprint density at radius 1 is 0.288 bits per heavy atom. The van der Waals surface area contributed by atoms with Crippen LogP contribution in [-0.4, -0.2) is 0 Å². The second-order valence-electron chi connectivity index (χ2n) is 16.6. The van der Waals surface area contributed by atoms with E-state index >= 15 is 0 Å². The van der Waals surface area contributed by atoms with Gasteiger partial charge in [-0.3, -0.25) is 0 Å². The van der Waals surface area contributed by atoms with E-state index in [0.29, 0.717) is 0 Å². The topological polar surface area (TPSA) is 9.23 Å². The van der Waals surface area contributed by atoms with Gasteiger partial charge in [0.05, 0.1) is 10.8 Å². The summed E-state index contributed by atoms with van der Waals surface area (Å²) in [7, 11) is 0. The summed E-state index contributed by atoms with van der Waals surface area (Å²) in [5.41, 5.74) is 19.6. The normalized spacial score (nSPS) is 14.8. The SMILES string of the molecule is c1ccc2c(c1)-c1ccccc1C21c2cc(-c3ccc4c(c3)C3(c5ccccc5-c5ccccc53)c3c(ccc5ccccc35)O4)ccc2-c2c1ccc1ccccc21. The number of fused-ring (bicyclic) bond motifs is 23. The zero-order valence-corrected chi connectivity index (χ0v) is 32.0. The van der Waals surface area contributed by atoms with Crippen molar-refractivity contribution in [1.82, 2.24) is 0 Å². The van der Waals surface area contributed by atoms with Crippen LogP contribution in [0.2, 0.25) is 0 Å². The van der Waals surface area contributed by atoms with Crippen LogP contribution >= 0.6 is 0 Å². The van der Waals surface area contributed by atoms with Crippen LogP contribution in [0.5, 0.6) is 11.5 Å². The van der Waals surface area contributed by atoms with E-state index in [-0.39, 0.29) is 0 Å². The molecule has 14 rings (SSSR count). The van der Waals surface area contributed by atoms with Crippen molar-refractivity contribution in [3.8, 4) is 56.0 Å².